The highest BCUT2D eigenvalue weighted by atomic mass is 35.5. The second kappa shape index (κ2) is 7.12. The van der Waals surface area contributed by atoms with Gasteiger partial charge < -0.3 is 9.47 Å². The lowest BCUT2D eigenvalue weighted by atomic mass is 10.1. The molecule has 88 valence electrons. The fourth-order valence-electron chi connectivity index (χ4n) is 1.28. The van der Waals surface area contributed by atoms with Crippen LogP contribution in [-0.4, -0.2) is 25.1 Å². The first-order chi connectivity index (χ1) is 7.76. The van der Waals surface area contributed by atoms with Gasteiger partial charge in [0.2, 0.25) is 0 Å². The number of esters is 1. The highest BCUT2D eigenvalue weighted by Gasteiger charge is 2.04. The fraction of sp³-hybridized carbons (Fsp3) is 0.417. The van der Waals surface area contributed by atoms with E-state index >= 15 is 0 Å². The monoisotopic (exact) mass is 242 g/mol. The zero-order chi connectivity index (χ0) is 11.8. The molecule has 0 amide bonds. The Hall–Kier alpha value is -1.22. The molecule has 0 unspecified atom stereocenters. The molecule has 0 saturated carbocycles. The Labute approximate surface area is 100 Å². The van der Waals surface area contributed by atoms with Gasteiger partial charge in [-0.05, 0) is 24.6 Å². The van der Waals surface area contributed by atoms with Crippen LogP contribution in [0.25, 0.3) is 0 Å². The molecule has 0 radical (unpaired) electrons. The summed E-state index contributed by atoms with van der Waals surface area (Å²) in [5, 5.41) is 0. The molecule has 0 aliphatic rings. The van der Waals surface area contributed by atoms with Crippen molar-refractivity contribution in [3.05, 3.63) is 29.8 Å². The van der Waals surface area contributed by atoms with Crippen LogP contribution in [-0.2, 0) is 16.0 Å². The number of alkyl halides is 1. The van der Waals surface area contributed by atoms with Crippen molar-refractivity contribution >= 4 is 17.6 Å². The quantitative estimate of drug-likeness (QED) is 0.568. The minimum absolute atomic E-state index is 0.225. The Kier molecular flexibility index (Phi) is 5.72. The van der Waals surface area contributed by atoms with Crippen LogP contribution in [0.1, 0.15) is 12.5 Å². The number of benzene rings is 1. The van der Waals surface area contributed by atoms with E-state index < -0.39 is 0 Å². The highest BCUT2D eigenvalue weighted by molar-refractivity contribution is 6.18. The van der Waals surface area contributed by atoms with Crippen LogP contribution in [0.5, 0.6) is 5.75 Å². The van der Waals surface area contributed by atoms with Crippen molar-refractivity contribution in [3.8, 4) is 5.75 Å². The van der Waals surface area contributed by atoms with Crippen LogP contribution < -0.4 is 4.74 Å². The van der Waals surface area contributed by atoms with Gasteiger partial charge in [0.05, 0.1) is 18.9 Å². The molecule has 0 spiro atoms. The second-order valence-corrected chi connectivity index (χ2v) is 3.54. The largest absolute Gasteiger partial charge is 0.492 e. The van der Waals surface area contributed by atoms with Crippen LogP contribution in [0.3, 0.4) is 0 Å². The third kappa shape index (κ3) is 4.53. The van der Waals surface area contributed by atoms with Crippen LogP contribution >= 0.6 is 11.6 Å². The Bertz CT molecular complexity index is 339. The zero-order valence-corrected chi connectivity index (χ0v) is 10.00. The lowest BCUT2D eigenvalue weighted by molar-refractivity contribution is -0.142. The SMILES string of the molecule is CCOC(=O)Cc1cccc(OCCCl)c1. The van der Waals surface area contributed by atoms with Crippen molar-refractivity contribution < 1.29 is 14.3 Å². The number of carbonyl (C=O) groups excluding carboxylic acids is 1. The third-order valence-electron chi connectivity index (χ3n) is 1.90. The molecule has 1 rings (SSSR count). The topological polar surface area (TPSA) is 35.5 Å². The summed E-state index contributed by atoms with van der Waals surface area (Å²) in [5.41, 5.74) is 0.880. The maximum Gasteiger partial charge on any atom is 0.310 e. The summed E-state index contributed by atoms with van der Waals surface area (Å²) in [4.78, 5) is 11.3. The molecule has 0 fully saturated rings. The maximum absolute atomic E-state index is 11.3. The van der Waals surface area contributed by atoms with Crippen molar-refractivity contribution in [2.24, 2.45) is 0 Å². The Morgan fingerprint density at radius 1 is 1.44 bits per heavy atom. The average Bonchev–Trinajstić information content (AvgIpc) is 2.27. The summed E-state index contributed by atoms with van der Waals surface area (Å²) in [5.74, 6) is 0.946. The molecule has 0 N–H and O–H groups in total. The molecule has 1 aromatic carbocycles. The predicted octanol–water partition coefficient (Wildman–Crippen LogP) is 2.41. The lowest BCUT2D eigenvalue weighted by Gasteiger charge is -2.06. The van der Waals surface area contributed by atoms with Gasteiger partial charge in [-0.15, -0.1) is 11.6 Å². The number of hydrogen-bond donors (Lipinski definition) is 0. The smallest absolute Gasteiger partial charge is 0.310 e. The summed E-state index contributed by atoms with van der Waals surface area (Å²) in [6.07, 6.45) is 0.270. The van der Waals surface area contributed by atoms with E-state index in [0.717, 1.165) is 11.3 Å². The predicted molar refractivity (Wildman–Crippen MR) is 63.0 cm³/mol. The highest BCUT2D eigenvalue weighted by Crippen LogP contribution is 2.14. The van der Waals surface area contributed by atoms with E-state index in [0.29, 0.717) is 19.1 Å². The molecule has 0 atom stereocenters. The van der Waals surface area contributed by atoms with E-state index in [9.17, 15) is 4.79 Å². The maximum atomic E-state index is 11.3. The van der Waals surface area contributed by atoms with Gasteiger partial charge in [0.1, 0.15) is 12.4 Å². The number of halogens is 1. The van der Waals surface area contributed by atoms with Crippen LogP contribution in [0, 0.1) is 0 Å². The molecule has 16 heavy (non-hydrogen) atoms. The Morgan fingerprint density at radius 3 is 2.94 bits per heavy atom. The molecule has 3 nitrogen and oxygen atoms in total. The molecule has 4 heteroatoms. The molecular formula is C12H15ClO3. The Morgan fingerprint density at radius 2 is 2.25 bits per heavy atom. The summed E-state index contributed by atoms with van der Waals surface area (Å²) < 4.78 is 10.2. The number of ether oxygens (including phenoxy) is 2. The van der Waals surface area contributed by atoms with E-state index in [1.165, 1.54) is 0 Å². The van der Waals surface area contributed by atoms with E-state index in [1.807, 2.05) is 24.3 Å². The summed E-state index contributed by atoms with van der Waals surface area (Å²) in [7, 11) is 0. The summed E-state index contributed by atoms with van der Waals surface area (Å²) >= 11 is 5.52. The minimum atomic E-state index is -0.225. The van der Waals surface area contributed by atoms with Gasteiger partial charge in [-0.2, -0.15) is 0 Å². The van der Waals surface area contributed by atoms with E-state index in [2.05, 4.69) is 0 Å². The summed E-state index contributed by atoms with van der Waals surface area (Å²) in [6.45, 7) is 2.66. The van der Waals surface area contributed by atoms with Crippen molar-refractivity contribution in [1.29, 1.82) is 0 Å². The second-order valence-electron chi connectivity index (χ2n) is 3.17. The van der Waals surface area contributed by atoms with Gasteiger partial charge in [0, 0.05) is 0 Å². The van der Waals surface area contributed by atoms with Gasteiger partial charge in [-0.25, -0.2) is 0 Å². The van der Waals surface area contributed by atoms with E-state index in [-0.39, 0.29) is 12.4 Å². The van der Waals surface area contributed by atoms with Gasteiger partial charge >= 0.3 is 5.97 Å². The summed E-state index contributed by atoms with van der Waals surface area (Å²) in [6, 6.07) is 7.37. The van der Waals surface area contributed by atoms with Crippen molar-refractivity contribution in [1.82, 2.24) is 0 Å². The van der Waals surface area contributed by atoms with Gasteiger partial charge in [-0.3, -0.25) is 4.79 Å². The first-order valence-corrected chi connectivity index (χ1v) is 5.73. The van der Waals surface area contributed by atoms with Crippen molar-refractivity contribution in [3.63, 3.8) is 0 Å². The van der Waals surface area contributed by atoms with Crippen molar-refractivity contribution in [2.75, 3.05) is 19.1 Å². The molecule has 1 aromatic rings. The molecule has 0 bridgehead atoms. The average molecular weight is 243 g/mol. The Balaban J connectivity index is 2.56. The van der Waals surface area contributed by atoms with Crippen LogP contribution in [0.2, 0.25) is 0 Å². The molecule has 0 aliphatic heterocycles. The van der Waals surface area contributed by atoms with E-state index in [1.54, 1.807) is 6.92 Å². The van der Waals surface area contributed by atoms with Crippen molar-refractivity contribution in [2.45, 2.75) is 13.3 Å². The number of carbonyl (C=O) groups is 1. The number of rotatable bonds is 6. The molecule has 0 heterocycles. The first-order valence-electron chi connectivity index (χ1n) is 5.19. The molecule has 0 saturated heterocycles. The number of hydrogen-bond acceptors (Lipinski definition) is 3. The van der Waals surface area contributed by atoms with Crippen LogP contribution in [0.4, 0.5) is 0 Å². The van der Waals surface area contributed by atoms with Gasteiger partial charge in [0.15, 0.2) is 0 Å². The third-order valence-corrected chi connectivity index (χ3v) is 2.05. The standard InChI is InChI=1S/C12H15ClO3/c1-2-15-12(14)9-10-4-3-5-11(8-10)16-7-6-13/h3-5,8H,2,6-7,9H2,1H3. The lowest BCUT2D eigenvalue weighted by Crippen LogP contribution is -2.07. The van der Waals surface area contributed by atoms with Gasteiger partial charge in [0.25, 0.3) is 0 Å². The van der Waals surface area contributed by atoms with Crippen LogP contribution in [0.15, 0.2) is 24.3 Å². The first kappa shape index (κ1) is 12.8. The molecular weight excluding hydrogens is 228 g/mol. The minimum Gasteiger partial charge on any atom is -0.492 e. The zero-order valence-electron chi connectivity index (χ0n) is 9.24. The van der Waals surface area contributed by atoms with E-state index in [4.69, 9.17) is 21.1 Å². The molecule has 0 aliphatic carbocycles. The normalized spacial score (nSPS) is 9.88. The van der Waals surface area contributed by atoms with Gasteiger partial charge in [-0.1, -0.05) is 12.1 Å². The fourth-order valence-corrected chi connectivity index (χ4v) is 1.36. The molecule has 0 aromatic heterocycles.